The molecule has 3 aromatic carbocycles. The van der Waals surface area contributed by atoms with Gasteiger partial charge in [-0.1, -0.05) is 36.4 Å². The van der Waals surface area contributed by atoms with E-state index in [1.165, 1.54) is 19.2 Å². The molecule has 8 heteroatoms. The molecular weight excluding hydrogens is 344 g/mol. The third-order valence-corrected chi connectivity index (χ3v) is 5.07. The molecule has 0 amide bonds. The maximum atomic E-state index is 12.8. The summed E-state index contributed by atoms with van der Waals surface area (Å²) in [6.45, 7) is 0. The lowest BCUT2D eigenvalue weighted by atomic mass is 10.1. The Morgan fingerprint density at radius 3 is 2.48 bits per heavy atom. The number of nitrogens with one attached hydrogen (secondary N) is 1. The summed E-state index contributed by atoms with van der Waals surface area (Å²) in [6.07, 6.45) is 0. The van der Waals surface area contributed by atoms with Gasteiger partial charge in [-0.2, -0.15) is 0 Å². The number of hydrogen-bond acceptors (Lipinski definition) is 5. The number of benzene rings is 3. The highest BCUT2D eigenvalue weighted by atomic mass is 32.2. The van der Waals surface area contributed by atoms with Crippen LogP contribution in [0, 0.1) is 10.1 Å². The molecule has 128 valence electrons. The Kier molecular flexibility index (Phi) is 4.28. The number of rotatable bonds is 5. The van der Waals surface area contributed by atoms with Crippen molar-refractivity contribution in [3.05, 3.63) is 70.8 Å². The number of sulfonamides is 1. The molecule has 0 aromatic heterocycles. The highest BCUT2D eigenvalue weighted by molar-refractivity contribution is 7.92. The largest absolute Gasteiger partial charge is 0.495 e. The molecule has 7 nitrogen and oxygen atoms in total. The molecule has 0 saturated carbocycles. The average molecular weight is 358 g/mol. The van der Waals surface area contributed by atoms with Crippen molar-refractivity contribution in [2.24, 2.45) is 0 Å². The Morgan fingerprint density at radius 2 is 1.76 bits per heavy atom. The van der Waals surface area contributed by atoms with Gasteiger partial charge in [0.05, 0.1) is 17.7 Å². The lowest BCUT2D eigenvalue weighted by Gasteiger charge is -2.13. The van der Waals surface area contributed by atoms with Crippen molar-refractivity contribution in [3.8, 4) is 5.75 Å². The van der Waals surface area contributed by atoms with Crippen LogP contribution < -0.4 is 9.46 Å². The van der Waals surface area contributed by atoms with Crippen molar-refractivity contribution in [3.63, 3.8) is 0 Å². The van der Waals surface area contributed by atoms with Crippen LogP contribution in [0.15, 0.2) is 65.6 Å². The van der Waals surface area contributed by atoms with Crippen LogP contribution >= 0.6 is 0 Å². The molecule has 3 rings (SSSR count). The molecule has 0 saturated heterocycles. The van der Waals surface area contributed by atoms with Crippen LogP contribution in [0.4, 0.5) is 11.4 Å². The van der Waals surface area contributed by atoms with Gasteiger partial charge in [-0.05, 0) is 17.5 Å². The van der Waals surface area contributed by atoms with Crippen LogP contribution in [-0.2, 0) is 10.0 Å². The quantitative estimate of drug-likeness (QED) is 0.555. The van der Waals surface area contributed by atoms with Crippen LogP contribution in [0.25, 0.3) is 10.8 Å². The lowest BCUT2D eigenvalue weighted by Crippen LogP contribution is -2.14. The highest BCUT2D eigenvalue weighted by Crippen LogP contribution is 2.31. The van der Waals surface area contributed by atoms with Crippen molar-refractivity contribution in [1.29, 1.82) is 0 Å². The van der Waals surface area contributed by atoms with Crippen LogP contribution in [0.3, 0.4) is 0 Å². The Bertz CT molecular complexity index is 1060. The zero-order valence-corrected chi connectivity index (χ0v) is 14.0. The SMILES string of the molecule is COc1ccc([N+](=O)[O-])cc1S(=O)(=O)Nc1cccc2ccccc12. The molecule has 1 N–H and O–H groups in total. The van der Waals surface area contributed by atoms with Gasteiger partial charge in [-0.3, -0.25) is 14.8 Å². The van der Waals surface area contributed by atoms with E-state index < -0.39 is 14.9 Å². The fourth-order valence-electron chi connectivity index (χ4n) is 2.50. The van der Waals surface area contributed by atoms with E-state index in [4.69, 9.17) is 4.74 Å². The van der Waals surface area contributed by atoms with Crippen molar-refractivity contribution in [1.82, 2.24) is 0 Å². The lowest BCUT2D eigenvalue weighted by molar-refractivity contribution is -0.385. The third-order valence-electron chi connectivity index (χ3n) is 3.68. The molecule has 0 heterocycles. The van der Waals surface area contributed by atoms with Crippen LogP contribution in [0.2, 0.25) is 0 Å². The number of nitro groups is 1. The smallest absolute Gasteiger partial charge is 0.271 e. The Morgan fingerprint density at radius 1 is 1.04 bits per heavy atom. The minimum atomic E-state index is -4.08. The first-order chi connectivity index (χ1) is 11.9. The van der Waals surface area contributed by atoms with Crippen molar-refractivity contribution in [2.75, 3.05) is 11.8 Å². The van der Waals surface area contributed by atoms with E-state index >= 15 is 0 Å². The van der Waals surface area contributed by atoms with E-state index in [0.717, 1.165) is 16.8 Å². The first-order valence-electron chi connectivity index (χ1n) is 7.25. The zero-order valence-electron chi connectivity index (χ0n) is 13.2. The van der Waals surface area contributed by atoms with Gasteiger partial charge in [0.25, 0.3) is 15.7 Å². The molecule has 0 bridgehead atoms. The molecule has 0 radical (unpaired) electrons. The summed E-state index contributed by atoms with van der Waals surface area (Å²) in [4.78, 5) is 10.0. The highest BCUT2D eigenvalue weighted by Gasteiger charge is 2.23. The number of nitrogens with zero attached hydrogens (tertiary/aromatic N) is 1. The molecule has 25 heavy (non-hydrogen) atoms. The summed E-state index contributed by atoms with van der Waals surface area (Å²) in [7, 11) is -2.78. The van der Waals surface area contributed by atoms with E-state index in [2.05, 4.69) is 4.72 Å². The summed E-state index contributed by atoms with van der Waals surface area (Å²) in [6, 6.07) is 15.9. The zero-order chi connectivity index (χ0) is 18.0. The number of nitro benzene ring substituents is 1. The van der Waals surface area contributed by atoms with Crippen LogP contribution in [0.1, 0.15) is 0 Å². The van der Waals surface area contributed by atoms with Crippen LogP contribution in [-0.4, -0.2) is 20.5 Å². The average Bonchev–Trinajstić information content (AvgIpc) is 2.61. The molecule has 0 aliphatic heterocycles. The fraction of sp³-hybridized carbons (Fsp3) is 0.0588. The van der Waals surface area contributed by atoms with E-state index in [9.17, 15) is 18.5 Å². The number of non-ortho nitro benzene ring substituents is 1. The first kappa shape index (κ1) is 16.7. The van der Waals surface area contributed by atoms with Gasteiger partial charge >= 0.3 is 0 Å². The summed E-state index contributed by atoms with van der Waals surface area (Å²) in [5, 5.41) is 12.6. The standard InChI is InChI=1S/C17H14N2O5S/c1-24-16-10-9-13(19(20)21)11-17(16)25(22,23)18-15-8-4-6-12-5-2-3-7-14(12)15/h2-11,18H,1H3. The van der Waals surface area contributed by atoms with Crippen molar-refractivity contribution < 1.29 is 18.1 Å². The van der Waals surface area contributed by atoms with Gasteiger partial charge in [0.2, 0.25) is 0 Å². The second-order valence-corrected chi connectivity index (χ2v) is 6.88. The third kappa shape index (κ3) is 3.24. The topological polar surface area (TPSA) is 98.5 Å². The van der Waals surface area contributed by atoms with Gasteiger partial charge in [-0.15, -0.1) is 0 Å². The molecule has 0 fully saturated rings. The summed E-state index contributed by atoms with van der Waals surface area (Å²) >= 11 is 0. The maximum absolute atomic E-state index is 12.8. The molecule has 0 unspecified atom stereocenters. The van der Waals surface area contributed by atoms with Gasteiger partial charge in [0.15, 0.2) is 0 Å². The van der Waals surface area contributed by atoms with Gasteiger partial charge in [0, 0.05) is 17.5 Å². The molecular formula is C17H14N2O5S. The van der Waals surface area contributed by atoms with Gasteiger partial charge in [-0.25, -0.2) is 8.42 Å². The van der Waals surface area contributed by atoms with E-state index in [1.807, 2.05) is 18.2 Å². The normalized spacial score (nSPS) is 11.2. The summed E-state index contributed by atoms with van der Waals surface area (Å²) in [5.41, 5.74) is 0.0470. The molecule has 0 spiro atoms. The van der Waals surface area contributed by atoms with E-state index in [1.54, 1.807) is 24.3 Å². The minimum Gasteiger partial charge on any atom is -0.495 e. The number of methoxy groups -OCH3 is 1. The summed E-state index contributed by atoms with van der Waals surface area (Å²) in [5.74, 6) is 0.0262. The monoisotopic (exact) mass is 358 g/mol. The number of anilines is 1. The second-order valence-electron chi connectivity index (χ2n) is 5.22. The van der Waals surface area contributed by atoms with Crippen LogP contribution in [0.5, 0.6) is 5.75 Å². The molecule has 0 atom stereocenters. The Balaban J connectivity index is 2.10. The summed E-state index contributed by atoms with van der Waals surface area (Å²) < 4.78 is 33.1. The Hall–Kier alpha value is -3.13. The van der Waals surface area contributed by atoms with Gasteiger partial charge in [0.1, 0.15) is 10.6 Å². The molecule has 0 aliphatic carbocycles. The second kappa shape index (κ2) is 6.40. The molecule has 3 aromatic rings. The van der Waals surface area contributed by atoms with E-state index in [0.29, 0.717) is 5.69 Å². The number of hydrogen-bond donors (Lipinski definition) is 1. The number of ether oxygens (including phenoxy) is 1. The predicted octanol–water partition coefficient (Wildman–Crippen LogP) is 3.56. The predicted molar refractivity (Wildman–Crippen MR) is 94.4 cm³/mol. The van der Waals surface area contributed by atoms with E-state index in [-0.39, 0.29) is 16.3 Å². The molecule has 0 aliphatic rings. The Labute approximate surface area is 144 Å². The van der Waals surface area contributed by atoms with Gasteiger partial charge < -0.3 is 4.74 Å². The fourth-order valence-corrected chi connectivity index (χ4v) is 3.77. The van der Waals surface area contributed by atoms with Crippen molar-refractivity contribution in [2.45, 2.75) is 4.90 Å². The number of fused-ring (bicyclic) bond motifs is 1. The van der Waals surface area contributed by atoms with Crippen molar-refractivity contribution >= 4 is 32.2 Å². The first-order valence-corrected chi connectivity index (χ1v) is 8.74. The minimum absolute atomic E-state index is 0.0262. The maximum Gasteiger partial charge on any atom is 0.271 e.